The Labute approximate surface area is 159 Å². The molecule has 0 radical (unpaired) electrons. The quantitative estimate of drug-likeness (QED) is 0.357. The van der Waals surface area contributed by atoms with E-state index in [0.29, 0.717) is 0 Å². The fraction of sp³-hybridized carbons (Fsp3) is 0.250. The van der Waals surface area contributed by atoms with Gasteiger partial charge in [0.05, 0.1) is 4.88 Å². The maximum atomic E-state index is 6.54. The monoisotopic (exact) mass is 360 g/mol. The number of hydrogen-bond donors (Lipinski definition) is 0. The molecular weight excluding hydrogens is 336 g/mol. The minimum absolute atomic E-state index is 1.00. The Kier molecular flexibility index (Phi) is 4.04. The number of benzene rings is 2. The standard InChI is InChI=1S/C24H24OS/c1-13-10-15(3)20(16(4)11-13)22-21-17(5)12-14(2)18(6)23(21)25-24(22)19-8-7-9-26-19/h7-12H,1-6H3. The molecule has 1 nitrogen and oxygen atoms in total. The largest absolute Gasteiger partial charge is 0.454 e. The van der Waals surface area contributed by atoms with Crippen LogP contribution in [0.4, 0.5) is 0 Å². The zero-order chi connectivity index (χ0) is 18.6. The van der Waals surface area contributed by atoms with Crippen molar-refractivity contribution in [3.05, 3.63) is 69.1 Å². The molecule has 0 saturated heterocycles. The van der Waals surface area contributed by atoms with Gasteiger partial charge in [-0.15, -0.1) is 11.3 Å². The van der Waals surface area contributed by atoms with Crippen LogP contribution in [0.25, 0.3) is 32.7 Å². The van der Waals surface area contributed by atoms with Crippen molar-refractivity contribution in [1.29, 1.82) is 0 Å². The normalized spacial score (nSPS) is 11.5. The molecule has 0 spiro atoms. The molecule has 2 aromatic heterocycles. The highest BCUT2D eigenvalue weighted by atomic mass is 32.1. The number of hydrogen-bond acceptors (Lipinski definition) is 2. The van der Waals surface area contributed by atoms with Crippen LogP contribution < -0.4 is 0 Å². The summed E-state index contributed by atoms with van der Waals surface area (Å²) in [5, 5.41) is 3.37. The van der Waals surface area contributed by atoms with Gasteiger partial charge in [-0.2, -0.15) is 0 Å². The van der Waals surface area contributed by atoms with Gasteiger partial charge in [-0.3, -0.25) is 0 Å². The molecule has 0 fully saturated rings. The average Bonchev–Trinajstić information content (AvgIpc) is 3.19. The summed E-state index contributed by atoms with van der Waals surface area (Å²) in [6.07, 6.45) is 0. The molecule has 2 aromatic carbocycles. The summed E-state index contributed by atoms with van der Waals surface area (Å²) in [6, 6.07) is 11.1. The van der Waals surface area contributed by atoms with Crippen molar-refractivity contribution in [2.75, 3.05) is 0 Å². The Hall–Kier alpha value is -2.32. The first kappa shape index (κ1) is 17.1. The molecule has 0 aliphatic rings. The lowest BCUT2D eigenvalue weighted by Gasteiger charge is -2.13. The van der Waals surface area contributed by atoms with E-state index in [-0.39, 0.29) is 0 Å². The van der Waals surface area contributed by atoms with Gasteiger partial charge in [0, 0.05) is 10.9 Å². The van der Waals surface area contributed by atoms with Crippen molar-refractivity contribution in [1.82, 2.24) is 0 Å². The van der Waals surface area contributed by atoms with Gasteiger partial charge in [0.25, 0.3) is 0 Å². The number of rotatable bonds is 2. The van der Waals surface area contributed by atoms with Gasteiger partial charge < -0.3 is 4.42 Å². The molecule has 0 N–H and O–H groups in total. The predicted octanol–water partition coefficient (Wildman–Crippen LogP) is 7.68. The summed E-state index contributed by atoms with van der Waals surface area (Å²) in [7, 11) is 0. The zero-order valence-corrected chi connectivity index (χ0v) is 17.1. The molecule has 2 heteroatoms. The fourth-order valence-corrected chi connectivity index (χ4v) is 4.86. The Balaban J connectivity index is 2.21. The third-order valence-corrected chi connectivity index (χ3v) is 6.21. The van der Waals surface area contributed by atoms with Crippen molar-refractivity contribution in [2.24, 2.45) is 0 Å². The highest BCUT2D eigenvalue weighted by Gasteiger charge is 2.24. The third-order valence-electron chi connectivity index (χ3n) is 5.34. The van der Waals surface area contributed by atoms with E-state index >= 15 is 0 Å². The Morgan fingerprint density at radius 3 is 2.08 bits per heavy atom. The second-order valence-electron chi connectivity index (χ2n) is 7.40. The van der Waals surface area contributed by atoms with E-state index in [9.17, 15) is 0 Å². The molecule has 4 rings (SSSR count). The Morgan fingerprint density at radius 1 is 0.769 bits per heavy atom. The molecule has 26 heavy (non-hydrogen) atoms. The molecule has 132 valence electrons. The number of furan rings is 1. The molecule has 4 aromatic rings. The summed E-state index contributed by atoms with van der Waals surface area (Å²) in [6.45, 7) is 13.1. The summed E-state index contributed by atoms with van der Waals surface area (Å²) in [4.78, 5) is 1.19. The van der Waals surface area contributed by atoms with Crippen LogP contribution in [0.2, 0.25) is 0 Å². The molecule has 0 aliphatic carbocycles. The first-order valence-corrected chi connectivity index (χ1v) is 9.92. The van der Waals surface area contributed by atoms with Gasteiger partial charge in [0.15, 0.2) is 5.76 Å². The van der Waals surface area contributed by atoms with E-state index in [4.69, 9.17) is 4.42 Å². The molecule has 0 unspecified atom stereocenters. The molecular formula is C24H24OS. The lowest BCUT2D eigenvalue weighted by molar-refractivity contribution is 0.631. The van der Waals surface area contributed by atoms with Crippen LogP contribution >= 0.6 is 11.3 Å². The van der Waals surface area contributed by atoms with Crippen molar-refractivity contribution in [3.8, 4) is 21.8 Å². The van der Waals surface area contributed by atoms with Gasteiger partial charge >= 0.3 is 0 Å². The van der Waals surface area contributed by atoms with E-state index in [1.807, 2.05) is 0 Å². The highest BCUT2D eigenvalue weighted by molar-refractivity contribution is 7.13. The average molecular weight is 361 g/mol. The zero-order valence-electron chi connectivity index (χ0n) is 16.3. The lowest BCUT2D eigenvalue weighted by atomic mass is 9.89. The predicted molar refractivity (Wildman–Crippen MR) is 113 cm³/mol. The summed E-state index contributed by atoms with van der Waals surface area (Å²) in [5.74, 6) is 1.00. The maximum absolute atomic E-state index is 6.54. The minimum atomic E-state index is 1.00. The molecule has 2 heterocycles. The van der Waals surface area contributed by atoms with Crippen LogP contribution in [0.5, 0.6) is 0 Å². The minimum Gasteiger partial charge on any atom is -0.454 e. The first-order valence-electron chi connectivity index (χ1n) is 9.04. The van der Waals surface area contributed by atoms with Crippen LogP contribution in [0.1, 0.15) is 33.4 Å². The maximum Gasteiger partial charge on any atom is 0.153 e. The Morgan fingerprint density at radius 2 is 1.46 bits per heavy atom. The van der Waals surface area contributed by atoms with Crippen molar-refractivity contribution in [2.45, 2.75) is 41.5 Å². The number of thiophene rings is 1. The Bertz CT molecular complexity index is 1100. The van der Waals surface area contributed by atoms with Gasteiger partial charge in [0.2, 0.25) is 0 Å². The second-order valence-corrected chi connectivity index (χ2v) is 8.34. The smallest absolute Gasteiger partial charge is 0.153 e. The molecule has 0 saturated carbocycles. The van der Waals surface area contributed by atoms with E-state index in [1.165, 1.54) is 54.8 Å². The topological polar surface area (TPSA) is 13.1 Å². The fourth-order valence-electron chi connectivity index (χ4n) is 4.15. The second kappa shape index (κ2) is 6.14. The summed E-state index contributed by atoms with van der Waals surface area (Å²) >= 11 is 1.74. The molecule has 0 amide bonds. The van der Waals surface area contributed by atoms with E-state index in [2.05, 4.69) is 77.3 Å². The van der Waals surface area contributed by atoms with Gasteiger partial charge in [-0.25, -0.2) is 0 Å². The van der Waals surface area contributed by atoms with Gasteiger partial charge in [-0.1, -0.05) is 29.8 Å². The SMILES string of the molecule is Cc1cc(C)c(-c2c(-c3cccs3)oc3c(C)c(C)cc(C)c23)c(C)c1. The summed E-state index contributed by atoms with van der Waals surface area (Å²) in [5.41, 5.74) is 11.3. The van der Waals surface area contributed by atoms with Gasteiger partial charge in [0.1, 0.15) is 5.58 Å². The molecule has 0 atom stereocenters. The van der Waals surface area contributed by atoms with Crippen molar-refractivity contribution < 1.29 is 4.42 Å². The van der Waals surface area contributed by atoms with Crippen LogP contribution in [-0.4, -0.2) is 0 Å². The van der Waals surface area contributed by atoms with Crippen LogP contribution in [0.3, 0.4) is 0 Å². The van der Waals surface area contributed by atoms with Crippen molar-refractivity contribution in [3.63, 3.8) is 0 Å². The number of fused-ring (bicyclic) bond motifs is 1. The third kappa shape index (κ3) is 2.52. The van der Waals surface area contributed by atoms with Crippen LogP contribution in [-0.2, 0) is 0 Å². The van der Waals surface area contributed by atoms with E-state index < -0.39 is 0 Å². The van der Waals surface area contributed by atoms with Gasteiger partial charge in [-0.05, 0) is 86.4 Å². The van der Waals surface area contributed by atoms with Crippen LogP contribution in [0, 0.1) is 41.5 Å². The van der Waals surface area contributed by atoms with E-state index in [0.717, 1.165) is 11.3 Å². The first-order chi connectivity index (χ1) is 12.4. The van der Waals surface area contributed by atoms with Crippen LogP contribution in [0.15, 0.2) is 40.1 Å². The lowest BCUT2D eigenvalue weighted by Crippen LogP contribution is -1.92. The van der Waals surface area contributed by atoms with E-state index in [1.54, 1.807) is 11.3 Å². The number of aryl methyl sites for hydroxylation is 6. The molecule has 0 bridgehead atoms. The highest BCUT2D eigenvalue weighted by Crippen LogP contribution is 2.47. The molecule has 0 aliphatic heterocycles. The summed E-state index contributed by atoms with van der Waals surface area (Å²) < 4.78 is 6.54. The van der Waals surface area contributed by atoms with Crippen molar-refractivity contribution >= 4 is 22.3 Å².